The van der Waals surface area contributed by atoms with E-state index in [4.69, 9.17) is 13.9 Å². The molecule has 0 spiro atoms. The van der Waals surface area contributed by atoms with Crippen LogP contribution in [0.1, 0.15) is 41.2 Å². The zero-order valence-electron chi connectivity index (χ0n) is 13.8. The van der Waals surface area contributed by atoms with E-state index in [9.17, 15) is 4.79 Å². The van der Waals surface area contributed by atoms with Crippen molar-refractivity contribution in [3.05, 3.63) is 33.9 Å². The maximum absolute atomic E-state index is 12.5. The van der Waals surface area contributed by atoms with E-state index in [1.807, 2.05) is 12.3 Å². The molecule has 2 aromatic rings. The van der Waals surface area contributed by atoms with Gasteiger partial charge in [-0.15, -0.1) is 11.3 Å². The van der Waals surface area contributed by atoms with Crippen LogP contribution in [0.5, 0.6) is 0 Å². The first-order valence-electron chi connectivity index (χ1n) is 8.01. The number of rotatable bonds is 6. The Hall–Kier alpha value is -1.77. The highest BCUT2D eigenvalue weighted by Crippen LogP contribution is 2.16. The van der Waals surface area contributed by atoms with Gasteiger partial charge >= 0.3 is 0 Å². The number of nitrogens with zero attached hydrogens (tertiary/aromatic N) is 2. The van der Waals surface area contributed by atoms with Crippen LogP contribution in [-0.2, 0) is 22.5 Å². The molecule has 0 aromatic carbocycles. The Balaban J connectivity index is 1.62. The van der Waals surface area contributed by atoms with Crippen LogP contribution in [0.4, 0.5) is 0 Å². The number of nitrogens with one attached hydrogen (secondary N) is 1. The Kier molecular flexibility index (Phi) is 5.60. The molecule has 1 saturated heterocycles. The minimum atomic E-state index is -0.256. The number of ether oxygens (including phenoxy) is 2. The molecule has 2 aromatic heterocycles. The van der Waals surface area contributed by atoms with Gasteiger partial charge in [-0.05, 0) is 13.3 Å². The molecule has 1 aliphatic rings. The standard InChI is InChI=1S/C16H21N3O4S/c1-3-14-18-10(2)15(23-14)16(20)19-12-4-5-21-7-13(12)22-6-11-8-24-9-17-11/h8-9,12-13H,3-7H2,1-2H3,(H,19,20). The predicted molar refractivity (Wildman–Crippen MR) is 88.0 cm³/mol. The van der Waals surface area contributed by atoms with Gasteiger partial charge < -0.3 is 19.2 Å². The van der Waals surface area contributed by atoms with Gasteiger partial charge in [-0.1, -0.05) is 6.92 Å². The summed E-state index contributed by atoms with van der Waals surface area (Å²) in [6.45, 7) is 5.17. The molecular weight excluding hydrogens is 330 g/mol. The molecule has 1 amide bonds. The van der Waals surface area contributed by atoms with E-state index in [-0.39, 0.29) is 23.8 Å². The Morgan fingerprint density at radius 3 is 3.12 bits per heavy atom. The molecule has 0 bridgehead atoms. The summed E-state index contributed by atoms with van der Waals surface area (Å²) in [7, 11) is 0. The number of hydrogen-bond donors (Lipinski definition) is 1. The summed E-state index contributed by atoms with van der Waals surface area (Å²) >= 11 is 1.53. The Morgan fingerprint density at radius 1 is 1.54 bits per heavy atom. The van der Waals surface area contributed by atoms with Gasteiger partial charge in [0.2, 0.25) is 5.76 Å². The van der Waals surface area contributed by atoms with Crippen LogP contribution < -0.4 is 5.32 Å². The van der Waals surface area contributed by atoms with E-state index >= 15 is 0 Å². The van der Waals surface area contributed by atoms with Gasteiger partial charge in [-0.25, -0.2) is 9.97 Å². The van der Waals surface area contributed by atoms with Crippen molar-refractivity contribution in [2.45, 2.75) is 45.4 Å². The van der Waals surface area contributed by atoms with Crippen molar-refractivity contribution in [3.63, 3.8) is 0 Å². The number of thiazole rings is 1. The molecule has 1 fully saturated rings. The Morgan fingerprint density at radius 2 is 2.42 bits per heavy atom. The largest absolute Gasteiger partial charge is 0.435 e. The second-order valence-electron chi connectivity index (χ2n) is 5.65. The lowest BCUT2D eigenvalue weighted by atomic mass is 10.1. The van der Waals surface area contributed by atoms with Crippen LogP contribution in [0.3, 0.4) is 0 Å². The first-order valence-corrected chi connectivity index (χ1v) is 8.95. The Labute approximate surface area is 144 Å². The minimum Gasteiger partial charge on any atom is -0.435 e. The smallest absolute Gasteiger partial charge is 0.289 e. The van der Waals surface area contributed by atoms with E-state index in [1.165, 1.54) is 11.3 Å². The van der Waals surface area contributed by atoms with Crippen LogP contribution in [0.2, 0.25) is 0 Å². The van der Waals surface area contributed by atoms with Crippen molar-refractivity contribution in [2.75, 3.05) is 13.2 Å². The van der Waals surface area contributed by atoms with Crippen LogP contribution in [0.25, 0.3) is 0 Å². The topological polar surface area (TPSA) is 86.5 Å². The second-order valence-corrected chi connectivity index (χ2v) is 6.37. The lowest BCUT2D eigenvalue weighted by molar-refractivity contribution is -0.0743. The molecule has 0 radical (unpaired) electrons. The van der Waals surface area contributed by atoms with Crippen molar-refractivity contribution < 1.29 is 18.7 Å². The fourth-order valence-electron chi connectivity index (χ4n) is 2.59. The average Bonchev–Trinajstić information content (AvgIpc) is 3.23. The number of carbonyl (C=O) groups is 1. The predicted octanol–water partition coefficient (Wildman–Crippen LogP) is 2.11. The lowest BCUT2D eigenvalue weighted by Crippen LogP contribution is -2.50. The molecular formula is C16H21N3O4S. The summed E-state index contributed by atoms with van der Waals surface area (Å²) in [5.74, 6) is 0.589. The number of carbonyl (C=O) groups excluding carboxylic acids is 1. The van der Waals surface area contributed by atoms with Crippen molar-refractivity contribution >= 4 is 17.2 Å². The molecule has 7 nitrogen and oxygen atoms in total. The first-order chi connectivity index (χ1) is 11.7. The average molecular weight is 351 g/mol. The van der Waals surface area contributed by atoms with Gasteiger partial charge in [-0.2, -0.15) is 0 Å². The van der Waals surface area contributed by atoms with E-state index in [2.05, 4.69) is 15.3 Å². The van der Waals surface area contributed by atoms with Crippen molar-refractivity contribution in [2.24, 2.45) is 0 Å². The lowest BCUT2D eigenvalue weighted by Gasteiger charge is -2.31. The van der Waals surface area contributed by atoms with Crippen molar-refractivity contribution in [1.82, 2.24) is 15.3 Å². The quantitative estimate of drug-likeness (QED) is 0.858. The summed E-state index contributed by atoms with van der Waals surface area (Å²) in [4.78, 5) is 20.9. The first kappa shape index (κ1) is 17.1. The van der Waals surface area contributed by atoms with E-state index in [0.29, 0.717) is 44.2 Å². The van der Waals surface area contributed by atoms with E-state index in [1.54, 1.807) is 12.4 Å². The summed E-state index contributed by atoms with van der Waals surface area (Å²) in [5, 5.41) is 4.94. The third kappa shape index (κ3) is 4.00. The van der Waals surface area contributed by atoms with E-state index in [0.717, 1.165) is 5.69 Å². The number of hydrogen-bond acceptors (Lipinski definition) is 7. The third-order valence-electron chi connectivity index (χ3n) is 3.90. The fourth-order valence-corrected chi connectivity index (χ4v) is 3.13. The maximum atomic E-state index is 12.5. The highest BCUT2D eigenvalue weighted by Gasteiger charge is 2.30. The molecule has 0 aliphatic carbocycles. The summed E-state index contributed by atoms with van der Waals surface area (Å²) in [6, 6.07) is -0.125. The fraction of sp³-hybridized carbons (Fsp3) is 0.562. The molecule has 0 saturated carbocycles. The molecule has 130 valence electrons. The molecule has 3 heterocycles. The second kappa shape index (κ2) is 7.87. The van der Waals surface area contributed by atoms with Gasteiger partial charge in [0.1, 0.15) is 6.10 Å². The number of aryl methyl sites for hydroxylation is 2. The van der Waals surface area contributed by atoms with Gasteiger partial charge in [-0.3, -0.25) is 4.79 Å². The molecule has 1 N–H and O–H groups in total. The maximum Gasteiger partial charge on any atom is 0.289 e. The van der Waals surface area contributed by atoms with Crippen LogP contribution in [0, 0.1) is 6.92 Å². The van der Waals surface area contributed by atoms with Crippen LogP contribution in [-0.4, -0.2) is 41.2 Å². The van der Waals surface area contributed by atoms with Crippen molar-refractivity contribution in [1.29, 1.82) is 0 Å². The van der Waals surface area contributed by atoms with Crippen molar-refractivity contribution in [3.8, 4) is 0 Å². The molecule has 1 aliphatic heterocycles. The normalized spacial score (nSPS) is 20.9. The monoisotopic (exact) mass is 351 g/mol. The number of aromatic nitrogens is 2. The highest BCUT2D eigenvalue weighted by atomic mass is 32.1. The molecule has 8 heteroatoms. The molecule has 2 unspecified atom stereocenters. The number of amides is 1. The zero-order valence-corrected chi connectivity index (χ0v) is 14.6. The molecule has 2 atom stereocenters. The van der Waals surface area contributed by atoms with Gasteiger partial charge in [0.25, 0.3) is 5.91 Å². The van der Waals surface area contributed by atoms with Crippen LogP contribution in [0.15, 0.2) is 15.3 Å². The highest BCUT2D eigenvalue weighted by molar-refractivity contribution is 7.07. The molecule has 24 heavy (non-hydrogen) atoms. The molecule has 3 rings (SSSR count). The van der Waals surface area contributed by atoms with E-state index < -0.39 is 0 Å². The van der Waals surface area contributed by atoms with Gasteiger partial charge in [0.05, 0.1) is 36.2 Å². The van der Waals surface area contributed by atoms with Crippen LogP contribution >= 0.6 is 11.3 Å². The Bertz CT molecular complexity index is 671. The zero-order chi connectivity index (χ0) is 16.9. The summed E-state index contributed by atoms with van der Waals surface area (Å²) < 4.78 is 16.9. The number of oxazole rings is 1. The SMILES string of the molecule is CCc1nc(C)c(C(=O)NC2CCOCC2OCc2cscn2)o1. The summed E-state index contributed by atoms with van der Waals surface area (Å²) in [5.41, 5.74) is 3.26. The summed E-state index contributed by atoms with van der Waals surface area (Å²) in [6.07, 6.45) is 1.14. The van der Waals surface area contributed by atoms with Gasteiger partial charge in [0, 0.05) is 18.4 Å². The minimum absolute atomic E-state index is 0.125. The third-order valence-corrected chi connectivity index (χ3v) is 4.53. The van der Waals surface area contributed by atoms with Gasteiger partial charge in [0.15, 0.2) is 5.89 Å².